The van der Waals surface area contributed by atoms with Crippen molar-refractivity contribution in [2.75, 3.05) is 7.11 Å². The smallest absolute Gasteiger partial charge is 0.261 e. The summed E-state index contributed by atoms with van der Waals surface area (Å²) in [5.41, 5.74) is 1.20. The molecule has 0 spiro atoms. The van der Waals surface area contributed by atoms with Gasteiger partial charge >= 0.3 is 0 Å². The minimum Gasteiger partial charge on any atom is -0.495 e. The number of ether oxygens (including phenoxy) is 1. The van der Waals surface area contributed by atoms with Crippen LogP contribution in [0.25, 0.3) is 0 Å². The van der Waals surface area contributed by atoms with Gasteiger partial charge in [-0.1, -0.05) is 24.3 Å². The minimum absolute atomic E-state index is 0.0379. The molecule has 2 heterocycles. The first-order valence-corrected chi connectivity index (χ1v) is 11.4. The summed E-state index contributed by atoms with van der Waals surface area (Å²) in [6.45, 7) is 0.121. The monoisotopic (exact) mass is 442 g/mol. The van der Waals surface area contributed by atoms with Crippen LogP contribution >= 0.6 is 11.3 Å². The van der Waals surface area contributed by atoms with Crippen molar-refractivity contribution in [1.82, 2.24) is 9.62 Å². The molecule has 4 rings (SSSR count). The largest absolute Gasteiger partial charge is 0.495 e. The summed E-state index contributed by atoms with van der Waals surface area (Å²) in [6, 6.07) is 14.9. The molecule has 9 heteroatoms. The van der Waals surface area contributed by atoms with E-state index in [0.29, 0.717) is 16.7 Å². The SMILES string of the molecule is COc1ccc(CN2C(=O)c3ccccc3C2=O)cc1S(=O)(=O)NCc1cccs1. The number of carbonyl (C=O) groups excluding carboxylic acids is 2. The maximum atomic E-state index is 12.9. The van der Waals surface area contributed by atoms with Crippen molar-refractivity contribution in [3.8, 4) is 5.75 Å². The number of rotatable bonds is 7. The van der Waals surface area contributed by atoms with Gasteiger partial charge in [-0.25, -0.2) is 13.1 Å². The van der Waals surface area contributed by atoms with Gasteiger partial charge in [0.2, 0.25) is 10.0 Å². The van der Waals surface area contributed by atoms with E-state index in [1.807, 2.05) is 17.5 Å². The second-order valence-electron chi connectivity index (χ2n) is 6.63. The molecule has 0 aliphatic carbocycles. The number of benzene rings is 2. The van der Waals surface area contributed by atoms with Crippen LogP contribution in [0.3, 0.4) is 0 Å². The van der Waals surface area contributed by atoms with Gasteiger partial charge in [-0.05, 0) is 41.3 Å². The van der Waals surface area contributed by atoms with Crippen molar-refractivity contribution in [2.24, 2.45) is 0 Å². The Balaban J connectivity index is 1.60. The number of thiophene rings is 1. The topological polar surface area (TPSA) is 92.8 Å². The molecule has 7 nitrogen and oxygen atoms in total. The molecule has 2 aromatic carbocycles. The molecule has 154 valence electrons. The first-order valence-electron chi connectivity index (χ1n) is 9.05. The third kappa shape index (κ3) is 3.74. The van der Waals surface area contributed by atoms with Crippen molar-refractivity contribution in [2.45, 2.75) is 18.0 Å². The molecule has 1 aliphatic heterocycles. The van der Waals surface area contributed by atoms with Crippen LogP contribution in [0.4, 0.5) is 0 Å². The predicted molar refractivity (Wildman–Crippen MR) is 112 cm³/mol. The lowest BCUT2D eigenvalue weighted by Gasteiger charge is -2.16. The van der Waals surface area contributed by atoms with Crippen LogP contribution < -0.4 is 9.46 Å². The number of nitrogens with one attached hydrogen (secondary N) is 1. The Bertz CT molecular complexity index is 1180. The molecule has 0 unspecified atom stereocenters. The van der Waals surface area contributed by atoms with Crippen LogP contribution in [-0.4, -0.2) is 32.2 Å². The van der Waals surface area contributed by atoms with Gasteiger partial charge in [0.15, 0.2) is 0 Å². The van der Waals surface area contributed by atoms with Gasteiger partial charge in [0, 0.05) is 11.4 Å². The average Bonchev–Trinajstić information content (AvgIpc) is 3.36. The fourth-order valence-corrected chi connectivity index (χ4v) is 5.21. The highest BCUT2D eigenvalue weighted by atomic mass is 32.2. The number of hydrogen-bond donors (Lipinski definition) is 1. The first-order chi connectivity index (χ1) is 14.4. The molecular formula is C21H18N2O5S2. The molecule has 0 radical (unpaired) electrons. The van der Waals surface area contributed by atoms with Gasteiger partial charge < -0.3 is 4.74 Å². The molecule has 30 heavy (non-hydrogen) atoms. The minimum atomic E-state index is -3.87. The Morgan fingerprint density at radius 3 is 2.30 bits per heavy atom. The zero-order chi connectivity index (χ0) is 21.3. The maximum absolute atomic E-state index is 12.9. The Labute approximate surface area is 178 Å². The van der Waals surface area contributed by atoms with Gasteiger partial charge in [-0.3, -0.25) is 14.5 Å². The molecule has 1 aromatic heterocycles. The molecule has 0 atom stereocenters. The van der Waals surface area contributed by atoms with E-state index in [9.17, 15) is 18.0 Å². The zero-order valence-electron chi connectivity index (χ0n) is 16.0. The van der Waals surface area contributed by atoms with Crippen LogP contribution in [0.15, 0.2) is 64.9 Å². The Morgan fingerprint density at radius 2 is 1.70 bits per heavy atom. The fourth-order valence-electron chi connectivity index (χ4n) is 3.25. The van der Waals surface area contributed by atoms with Crippen LogP contribution in [0.1, 0.15) is 31.2 Å². The number of sulfonamides is 1. The Kier molecular flexibility index (Phi) is 5.42. The summed E-state index contributed by atoms with van der Waals surface area (Å²) in [4.78, 5) is 27.1. The molecule has 3 aromatic rings. The normalized spacial score (nSPS) is 13.6. The maximum Gasteiger partial charge on any atom is 0.261 e. The van der Waals surface area contributed by atoms with E-state index in [1.54, 1.807) is 30.3 Å². The number of fused-ring (bicyclic) bond motifs is 1. The lowest BCUT2D eigenvalue weighted by Crippen LogP contribution is -2.29. The third-order valence-corrected chi connectivity index (χ3v) is 7.05. The van der Waals surface area contributed by atoms with Crippen molar-refractivity contribution in [1.29, 1.82) is 0 Å². The lowest BCUT2D eigenvalue weighted by atomic mass is 10.1. The third-order valence-electron chi connectivity index (χ3n) is 4.75. The zero-order valence-corrected chi connectivity index (χ0v) is 17.6. The van der Waals surface area contributed by atoms with Crippen molar-refractivity contribution < 1.29 is 22.7 Å². The van der Waals surface area contributed by atoms with Crippen molar-refractivity contribution in [3.63, 3.8) is 0 Å². The molecule has 0 saturated carbocycles. The molecular weight excluding hydrogens is 424 g/mol. The average molecular weight is 443 g/mol. The second-order valence-corrected chi connectivity index (χ2v) is 9.40. The number of methoxy groups -OCH3 is 1. The number of nitrogens with zero attached hydrogens (tertiary/aromatic N) is 1. The van der Waals surface area contributed by atoms with Crippen LogP contribution in [0.2, 0.25) is 0 Å². The van der Waals surface area contributed by atoms with Crippen LogP contribution in [0.5, 0.6) is 5.75 Å². The summed E-state index contributed by atoms with van der Waals surface area (Å²) < 4.78 is 33.5. The van der Waals surface area contributed by atoms with Crippen molar-refractivity contribution in [3.05, 3.63) is 81.5 Å². The number of carbonyl (C=O) groups is 2. The van der Waals surface area contributed by atoms with E-state index in [0.717, 1.165) is 9.78 Å². The Hall–Kier alpha value is -3.01. The second kappa shape index (κ2) is 8.02. The Morgan fingerprint density at radius 1 is 1.00 bits per heavy atom. The number of amides is 2. The van der Waals surface area contributed by atoms with E-state index < -0.39 is 21.8 Å². The molecule has 0 bridgehead atoms. The fraction of sp³-hybridized carbons (Fsp3) is 0.143. The quantitative estimate of drug-likeness (QED) is 0.568. The highest BCUT2D eigenvalue weighted by Gasteiger charge is 2.35. The molecule has 1 N–H and O–H groups in total. The predicted octanol–water partition coefficient (Wildman–Crippen LogP) is 3.03. The van der Waals surface area contributed by atoms with E-state index in [1.165, 1.54) is 30.6 Å². The van der Waals surface area contributed by atoms with Crippen LogP contribution in [0, 0.1) is 0 Å². The van der Waals surface area contributed by atoms with E-state index in [4.69, 9.17) is 4.74 Å². The first kappa shape index (κ1) is 20.3. The highest BCUT2D eigenvalue weighted by Crippen LogP contribution is 2.28. The van der Waals surface area contributed by atoms with E-state index in [2.05, 4.69) is 4.72 Å². The van der Waals surface area contributed by atoms with Crippen molar-refractivity contribution >= 4 is 33.2 Å². The lowest BCUT2D eigenvalue weighted by molar-refractivity contribution is 0.0642. The molecule has 2 amide bonds. The van der Waals surface area contributed by atoms with E-state index in [-0.39, 0.29) is 23.7 Å². The van der Waals surface area contributed by atoms with Crippen LogP contribution in [-0.2, 0) is 23.1 Å². The molecule has 1 aliphatic rings. The van der Waals surface area contributed by atoms with Gasteiger partial charge in [0.05, 0.1) is 24.8 Å². The standard InChI is InChI=1S/C21H18N2O5S2/c1-28-18-9-8-14(11-19(18)30(26,27)22-12-15-5-4-10-29-15)13-23-20(24)16-6-2-3-7-17(16)21(23)25/h2-11,22H,12-13H2,1H3. The van der Waals surface area contributed by atoms with Gasteiger partial charge in [0.25, 0.3) is 11.8 Å². The summed E-state index contributed by atoms with van der Waals surface area (Å²) in [5.74, 6) is -0.613. The summed E-state index contributed by atoms with van der Waals surface area (Å²) in [7, 11) is -2.49. The summed E-state index contributed by atoms with van der Waals surface area (Å²) in [6.07, 6.45) is 0. The summed E-state index contributed by atoms with van der Waals surface area (Å²) >= 11 is 1.45. The molecule has 0 fully saturated rings. The highest BCUT2D eigenvalue weighted by molar-refractivity contribution is 7.89. The van der Waals surface area contributed by atoms with Gasteiger partial charge in [-0.15, -0.1) is 11.3 Å². The number of hydrogen-bond acceptors (Lipinski definition) is 6. The van der Waals surface area contributed by atoms with E-state index >= 15 is 0 Å². The summed E-state index contributed by atoms with van der Waals surface area (Å²) in [5, 5.41) is 1.87. The van der Waals surface area contributed by atoms with Gasteiger partial charge in [-0.2, -0.15) is 0 Å². The van der Waals surface area contributed by atoms with Gasteiger partial charge in [0.1, 0.15) is 10.6 Å². The molecule has 0 saturated heterocycles. The number of imide groups is 1.